The predicted octanol–water partition coefficient (Wildman–Crippen LogP) is 0.151. The number of aliphatic hydroxyl groups is 2. The minimum atomic E-state index is -0.648. The van der Waals surface area contributed by atoms with Crippen molar-refractivity contribution >= 4 is 32.2 Å². The fourth-order valence-corrected chi connectivity index (χ4v) is 2.65. The molecule has 6 nitrogen and oxygen atoms in total. The van der Waals surface area contributed by atoms with Crippen molar-refractivity contribution in [3.63, 3.8) is 0 Å². The van der Waals surface area contributed by atoms with E-state index < -0.39 is 6.10 Å². The van der Waals surface area contributed by atoms with E-state index in [9.17, 15) is 10.2 Å². The summed E-state index contributed by atoms with van der Waals surface area (Å²) in [5.41, 5.74) is 2.66. The SMILES string of the molecule is OCC(CO)Oc1cc([As])nc2cc(-c3ccn[nH]3)ccc12. The van der Waals surface area contributed by atoms with E-state index in [4.69, 9.17) is 4.74 Å². The Labute approximate surface area is 135 Å². The first kappa shape index (κ1) is 15.0. The minimum absolute atomic E-state index is 0.250. The summed E-state index contributed by atoms with van der Waals surface area (Å²) in [4.78, 5) is 4.50. The molecule has 0 spiro atoms. The normalized spacial score (nSPS) is 11.3. The van der Waals surface area contributed by atoms with Gasteiger partial charge in [-0.3, -0.25) is 0 Å². The van der Waals surface area contributed by atoms with E-state index in [-0.39, 0.29) is 13.2 Å². The Balaban J connectivity index is 2.06. The van der Waals surface area contributed by atoms with Gasteiger partial charge >= 0.3 is 135 Å². The fraction of sp³-hybridized carbons (Fsp3) is 0.200. The van der Waals surface area contributed by atoms with Crippen LogP contribution in [0.15, 0.2) is 36.5 Å². The van der Waals surface area contributed by atoms with Crippen LogP contribution in [0.2, 0.25) is 0 Å². The van der Waals surface area contributed by atoms with E-state index in [0.29, 0.717) is 5.75 Å². The monoisotopic (exact) mass is 359 g/mol. The number of H-pyrrole nitrogens is 1. The van der Waals surface area contributed by atoms with Crippen LogP contribution >= 0.6 is 0 Å². The molecule has 22 heavy (non-hydrogen) atoms. The second-order valence-corrected chi connectivity index (χ2v) is 5.75. The molecule has 0 aliphatic rings. The van der Waals surface area contributed by atoms with E-state index >= 15 is 0 Å². The van der Waals surface area contributed by atoms with Crippen molar-refractivity contribution in [3.05, 3.63) is 36.5 Å². The van der Waals surface area contributed by atoms with E-state index in [1.54, 1.807) is 12.3 Å². The second-order valence-electron chi connectivity index (χ2n) is 4.79. The van der Waals surface area contributed by atoms with Crippen molar-refractivity contribution in [1.82, 2.24) is 15.2 Å². The molecular formula is C15H14AsN3O3. The summed E-state index contributed by atoms with van der Waals surface area (Å²) in [5.74, 6) is 0.588. The summed E-state index contributed by atoms with van der Waals surface area (Å²) >= 11 is 2.37. The average Bonchev–Trinajstić information content (AvgIpc) is 3.06. The second kappa shape index (κ2) is 6.48. The molecule has 1 aromatic carbocycles. The van der Waals surface area contributed by atoms with Crippen molar-refractivity contribution in [2.75, 3.05) is 13.2 Å². The van der Waals surface area contributed by atoms with Crippen LogP contribution in [-0.2, 0) is 0 Å². The van der Waals surface area contributed by atoms with E-state index in [1.807, 2.05) is 24.3 Å². The number of rotatable bonds is 5. The summed E-state index contributed by atoms with van der Waals surface area (Å²) in [5, 5.41) is 26.1. The molecule has 2 aromatic heterocycles. The van der Waals surface area contributed by atoms with Crippen LogP contribution in [0.5, 0.6) is 5.75 Å². The molecular weight excluding hydrogens is 345 g/mol. The summed E-state index contributed by atoms with van der Waals surface area (Å²) in [6.45, 7) is -0.499. The average molecular weight is 359 g/mol. The van der Waals surface area contributed by atoms with Crippen molar-refractivity contribution in [3.8, 4) is 17.0 Å². The molecule has 0 fully saturated rings. The van der Waals surface area contributed by atoms with Gasteiger partial charge in [-0.25, -0.2) is 0 Å². The predicted molar refractivity (Wildman–Crippen MR) is 83.3 cm³/mol. The number of ether oxygens (including phenoxy) is 1. The maximum absolute atomic E-state index is 9.18. The first-order chi connectivity index (χ1) is 10.7. The van der Waals surface area contributed by atoms with Gasteiger partial charge < -0.3 is 0 Å². The van der Waals surface area contributed by atoms with Gasteiger partial charge in [-0.05, 0) is 0 Å². The van der Waals surface area contributed by atoms with Crippen LogP contribution < -0.4 is 9.22 Å². The molecule has 0 aliphatic heterocycles. The van der Waals surface area contributed by atoms with Crippen molar-refractivity contribution < 1.29 is 14.9 Å². The molecule has 2 radical (unpaired) electrons. The van der Waals surface area contributed by atoms with Crippen molar-refractivity contribution in [2.45, 2.75) is 6.10 Å². The number of hydrogen-bond acceptors (Lipinski definition) is 5. The molecule has 3 aromatic rings. The molecule has 112 valence electrons. The third-order valence-corrected chi connectivity index (χ3v) is 3.75. The van der Waals surface area contributed by atoms with Gasteiger partial charge in [0, 0.05) is 0 Å². The molecule has 3 N–H and O–H groups in total. The Kier molecular flexibility index (Phi) is 4.43. The van der Waals surface area contributed by atoms with E-state index in [1.165, 1.54) is 0 Å². The van der Waals surface area contributed by atoms with Gasteiger partial charge in [0.15, 0.2) is 0 Å². The molecule has 2 heterocycles. The first-order valence-electron chi connectivity index (χ1n) is 6.73. The Morgan fingerprint density at radius 1 is 1.18 bits per heavy atom. The van der Waals surface area contributed by atoms with Gasteiger partial charge in [-0.15, -0.1) is 0 Å². The summed E-state index contributed by atoms with van der Waals surface area (Å²) < 4.78 is 6.41. The Morgan fingerprint density at radius 2 is 2.00 bits per heavy atom. The van der Waals surface area contributed by atoms with Gasteiger partial charge in [-0.2, -0.15) is 0 Å². The topological polar surface area (TPSA) is 91.3 Å². The maximum atomic E-state index is 9.18. The van der Waals surface area contributed by atoms with Crippen LogP contribution in [0.4, 0.5) is 0 Å². The van der Waals surface area contributed by atoms with Crippen LogP contribution in [0.25, 0.3) is 22.2 Å². The standard InChI is InChI=1S/C15H14AsN3O3/c16-15-6-14(22-10(7-20)8-21)11-2-1-9(5-13(11)18-15)12-3-4-17-19-12/h1-6,10,20-21H,7-8H2,(H,17,19). The molecule has 0 saturated carbocycles. The summed E-state index contributed by atoms with van der Waals surface area (Å²) in [6, 6.07) is 9.46. The number of nitrogens with one attached hydrogen (secondary N) is 1. The van der Waals surface area contributed by atoms with Gasteiger partial charge in [0.05, 0.1) is 0 Å². The quantitative estimate of drug-likeness (QED) is 0.564. The Morgan fingerprint density at radius 3 is 2.68 bits per heavy atom. The number of hydrogen-bond donors (Lipinski definition) is 3. The van der Waals surface area contributed by atoms with Crippen molar-refractivity contribution in [2.24, 2.45) is 0 Å². The number of fused-ring (bicyclic) bond motifs is 1. The molecule has 0 bridgehead atoms. The third kappa shape index (κ3) is 2.99. The number of nitrogens with zero attached hydrogens (tertiary/aromatic N) is 2. The van der Waals surface area contributed by atoms with Crippen LogP contribution in [0.1, 0.15) is 0 Å². The molecule has 0 atom stereocenters. The van der Waals surface area contributed by atoms with Gasteiger partial charge in [0.25, 0.3) is 0 Å². The molecule has 3 rings (SSSR count). The first-order valence-corrected chi connectivity index (χ1v) is 7.67. The number of benzene rings is 1. The molecule has 7 heteroatoms. The summed E-state index contributed by atoms with van der Waals surface area (Å²) in [7, 11) is 0. The molecule has 0 saturated heterocycles. The molecule has 0 unspecified atom stereocenters. The zero-order valence-corrected chi connectivity index (χ0v) is 13.5. The van der Waals surface area contributed by atoms with E-state index in [2.05, 4.69) is 32.0 Å². The summed E-state index contributed by atoms with van der Waals surface area (Å²) in [6.07, 6.45) is 1.05. The van der Waals surface area contributed by atoms with E-state index in [0.717, 1.165) is 26.6 Å². The molecule has 0 amide bonds. The van der Waals surface area contributed by atoms with Crippen molar-refractivity contribution in [1.29, 1.82) is 0 Å². The van der Waals surface area contributed by atoms with Gasteiger partial charge in [0.1, 0.15) is 0 Å². The zero-order valence-electron chi connectivity index (χ0n) is 11.6. The Bertz CT molecular complexity index is 773. The number of aromatic nitrogens is 3. The van der Waals surface area contributed by atoms with Crippen LogP contribution in [-0.4, -0.2) is 61.6 Å². The van der Waals surface area contributed by atoms with Crippen LogP contribution in [0.3, 0.4) is 0 Å². The zero-order chi connectivity index (χ0) is 15.5. The van der Waals surface area contributed by atoms with Crippen LogP contribution in [0, 0.1) is 0 Å². The number of aromatic amines is 1. The fourth-order valence-electron chi connectivity index (χ4n) is 2.18. The number of pyridine rings is 1. The number of aliphatic hydroxyl groups excluding tert-OH is 2. The van der Waals surface area contributed by atoms with Gasteiger partial charge in [0.2, 0.25) is 0 Å². The van der Waals surface area contributed by atoms with Gasteiger partial charge in [-0.1, -0.05) is 0 Å². The Hall–Kier alpha value is -1.88. The third-order valence-electron chi connectivity index (χ3n) is 3.27. The molecule has 0 aliphatic carbocycles.